The summed E-state index contributed by atoms with van der Waals surface area (Å²) in [4.78, 5) is 11.6. The molecular weight excluding hydrogens is 246 g/mol. The number of rotatable bonds is 6. The van der Waals surface area contributed by atoms with Gasteiger partial charge in [-0.2, -0.15) is 17.0 Å². The van der Waals surface area contributed by atoms with Crippen molar-refractivity contribution in [3.8, 4) is 6.07 Å². The molecule has 0 aliphatic heterocycles. The van der Waals surface area contributed by atoms with Gasteiger partial charge in [0, 0.05) is 11.7 Å². The van der Waals surface area contributed by atoms with Crippen LogP contribution in [0.4, 0.5) is 5.69 Å². The minimum atomic E-state index is -0.0558. The lowest BCUT2D eigenvalue weighted by atomic mass is 10.2. The van der Waals surface area contributed by atoms with Gasteiger partial charge in [-0.15, -0.1) is 0 Å². The number of hydrogen-bond acceptors (Lipinski definition) is 4. The minimum Gasteiger partial charge on any atom is -0.328 e. The van der Waals surface area contributed by atoms with Crippen molar-refractivity contribution in [1.82, 2.24) is 0 Å². The molecule has 1 atom stereocenters. The topological polar surface area (TPSA) is 78.9 Å². The van der Waals surface area contributed by atoms with Gasteiger partial charge in [-0.3, -0.25) is 4.79 Å². The standard InChI is InChI=1S/C13H17N3OS/c1-10(15)5-6-18-9-13(17)16-12-4-2-3-11(7-12)8-14/h2-4,7,10H,5-6,9,15H2,1H3,(H,16,17). The zero-order chi connectivity index (χ0) is 13.4. The van der Waals surface area contributed by atoms with Crippen LogP contribution in [0.1, 0.15) is 18.9 Å². The fourth-order valence-corrected chi connectivity index (χ4v) is 2.24. The van der Waals surface area contributed by atoms with Gasteiger partial charge >= 0.3 is 0 Å². The SMILES string of the molecule is CC(N)CCSCC(=O)Nc1cccc(C#N)c1. The van der Waals surface area contributed by atoms with Crippen LogP contribution in [0.2, 0.25) is 0 Å². The predicted molar refractivity (Wildman–Crippen MR) is 75.4 cm³/mol. The summed E-state index contributed by atoms with van der Waals surface area (Å²) < 4.78 is 0. The Bertz CT molecular complexity index is 440. The van der Waals surface area contributed by atoms with E-state index >= 15 is 0 Å². The third kappa shape index (κ3) is 5.71. The first-order valence-electron chi connectivity index (χ1n) is 5.75. The Morgan fingerprint density at radius 1 is 1.61 bits per heavy atom. The fraction of sp³-hybridized carbons (Fsp3) is 0.385. The van der Waals surface area contributed by atoms with Crippen molar-refractivity contribution in [3.63, 3.8) is 0 Å². The molecule has 1 aromatic rings. The highest BCUT2D eigenvalue weighted by molar-refractivity contribution is 7.99. The van der Waals surface area contributed by atoms with Gasteiger partial charge in [0.15, 0.2) is 0 Å². The molecule has 4 nitrogen and oxygen atoms in total. The van der Waals surface area contributed by atoms with Gasteiger partial charge in [0.25, 0.3) is 0 Å². The highest BCUT2D eigenvalue weighted by Gasteiger charge is 2.03. The number of thioether (sulfide) groups is 1. The van der Waals surface area contributed by atoms with E-state index in [-0.39, 0.29) is 11.9 Å². The second-order valence-corrected chi connectivity index (χ2v) is 5.16. The number of carbonyl (C=O) groups excluding carboxylic acids is 1. The van der Waals surface area contributed by atoms with E-state index in [0.29, 0.717) is 17.0 Å². The Balaban J connectivity index is 2.33. The van der Waals surface area contributed by atoms with E-state index in [1.165, 1.54) is 0 Å². The van der Waals surface area contributed by atoms with Crippen LogP contribution in [-0.2, 0) is 4.79 Å². The van der Waals surface area contributed by atoms with E-state index in [9.17, 15) is 4.79 Å². The summed E-state index contributed by atoms with van der Waals surface area (Å²) in [6.45, 7) is 1.95. The van der Waals surface area contributed by atoms with Gasteiger partial charge in [0.1, 0.15) is 0 Å². The number of carbonyl (C=O) groups is 1. The summed E-state index contributed by atoms with van der Waals surface area (Å²) >= 11 is 1.56. The molecule has 0 fully saturated rings. The van der Waals surface area contributed by atoms with Gasteiger partial charge in [-0.05, 0) is 37.3 Å². The average Bonchev–Trinajstić information content (AvgIpc) is 2.34. The molecule has 0 radical (unpaired) electrons. The maximum Gasteiger partial charge on any atom is 0.234 e. The Morgan fingerprint density at radius 2 is 2.39 bits per heavy atom. The van der Waals surface area contributed by atoms with E-state index in [1.54, 1.807) is 36.0 Å². The number of nitrogens with one attached hydrogen (secondary N) is 1. The number of nitrogens with two attached hydrogens (primary N) is 1. The second-order valence-electron chi connectivity index (χ2n) is 4.06. The summed E-state index contributed by atoms with van der Waals surface area (Å²) in [5.41, 5.74) is 6.82. The Hall–Kier alpha value is -1.51. The van der Waals surface area contributed by atoms with Crippen LogP contribution in [0.25, 0.3) is 0 Å². The maximum absolute atomic E-state index is 11.6. The molecule has 96 valence electrons. The summed E-state index contributed by atoms with van der Waals surface area (Å²) in [6.07, 6.45) is 0.905. The largest absolute Gasteiger partial charge is 0.328 e. The van der Waals surface area contributed by atoms with Crippen LogP contribution in [0.15, 0.2) is 24.3 Å². The molecular formula is C13H17N3OS. The van der Waals surface area contributed by atoms with Gasteiger partial charge in [0.2, 0.25) is 5.91 Å². The van der Waals surface area contributed by atoms with Gasteiger partial charge < -0.3 is 11.1 Å². The molecule has 0 bridgehead atoms. The average molecular weight is 263 g/mol. The lowest BCUT2D eigenvalue weighted by Gasteiger charge is -2.06. The number of benzene rings is 1. The number of nitrogens with zero attached hydrogens (tertiary/aromatic N) is 1. The molecule has 5 heteroatoms. The van der Waals surface area contributed by atoms with Crippen LogP contribution in [0.3, 0.4) is 0 Å². The molecule has 0 aliphatic carbocycles. The van der Waals surface area contributed by atoms with E-state index in [4.69, 9.17) is 11.0 Å². The molecule has 1 unspecified atom stereocenters. The van der Waals surface area contributed by atoms with Crippen LogP contribution >= 0.6 is 11.8 Å². The summed E-state index contributed by atoms with van der Waals surface area (Å²) in [6, 6.07) is 9.08. The molecule has 0 saturated heterocycles. The maximum atomic E-state index is 11.6. The van der Waals surface area contributed by atoms with E-state index in [0.717, 1.165) is 12.2 Å². The predicted octanol–water partition coefficient (Wildman–Crippen LogP) is 1.97. The first-order valence-corrected chi connectivity index (χ1v) is 6.90. The van der Waals surface area contributed by atoms with E-state index in [1.807, 2.05) is 13.0 Å². The van der Waals surface area contributed by atoms with Crippen LogP contribution in [0, 0.1) is 11.3 Å². The number of nitriles is 1. The number of hydrogen-bond donors (Lipinski definition) is 2. The second kappa shape index (κ2) is 7.75. The third-order valence-electron chi connectivity index (χ3n) is 2.23. The van der Waals surface area contributed by atoms with Crippen molar-refractivity contribution in [3.05, 3.63) is 29.8 Å². The zero-order valence-corrected chi connectivity index (χ0v) is 11.2. The van der Waals surface area contributed by atoms with Crippen LogP contribution < -0.4 is 11.1 Å². The van der Waals surface area contributed by atoms with Crippen molar-refractivity contribution in [2.75, 3.05) is 16.8 Å². The fourth-order valence-electron chi connectivity index (χ4n) is 1.30. The quantitative estimate of drug-likeness (QED) is 0.769. The molecule has 18 heavy (non-hydrogen) atoms. The molecule has 1 amide bonds. The van der Waals surface area contributed by atoms with Crippen LogP contribution in [0.5, 0.6) is 0 Å². The molecule has 1 rings (SSSR count). The van der Waals surface area contributed by atoms with Gasteiger partial charge in [-0.25, -0.2) is 0 Å². The first-order chi connectivity index (χ1) is 8.61. The van der Waals surface area contributed by atoms with Crippen molar-refractivity contribution >= 4 is 23.4 Å². The van der Waals surface area contributed by atoms with Crippen molar-refractivity contribution in [1.29, 1.82) is 5.26 Å². The number of amides is 1. The molecule has 3 N–H and O–H groups in total. The molecule has 0 spiro atoms. The summed E-state index contributed by atoms with van der Waals surface area (Å²) in [5, 5.41) is 11.5. The smallest absolute Gasteiger partial charge is 0.234 e. The molecule has 0 saturated carbocycles. The van der Waals surface area contributed by atoms with Crippen molar-refractivity contribution < 1.29 is 4.79 Å². The lowest BCUT2D eigenvalue weighted by Crippen LogP contribution is -2.17. The highest BCUT2D eigenvalue weighted by atomic mass is 32.2. The molecule has 0 aliphatic rings. The van der Waals surface area contributed by atoms with Crippen molar-refractivity contribution in [2.24, 2.45) is 5.73 Å². The van der Waals surface area contributed by atoms with Gasteiger partial charge in [0.05, 0.1) is 17.4 Å². The lowest BCUT2D eigenvalue weighted by molar-refractivity contribution is -0.113. The molecule has 1 aromatic carbocycles. The van der Waals surface area contributed by atoms with Gasteiger partial charge in [-0.1, -0.05) is 6.07 Å². The molecule has 0 aromatic heterocycles. The summed E-state index contributed by atoms with van der Waals surface area (Å²) in [7, 11) is 0. The van der Waals surface area contributed by atoms with Crippen molar-refractivity contribution in [2.45, 2.75) is 19.4 Å². The van der Waals surface area contributed by atoms with E-state index in [2.05, 4.69) is 5.32 Å². The minimum absolute atomic E-state index is 0.0558. The summed E-state index contributed by atoms with van der Waals surface area (Å²) in [5.74, 6) is 1.23. The monoisotopic (exact) mass is 263 g/mol. The third-order valence-corrected chi connectivity index (χ3v) is 3.22. The normalized spacial score (nSPS) is 11.6. The first kappa shape index (κ1) is 14.6. The number of anilines is 1. The molecule has 0 heterocycles. The van der Waals surface area contributed by atoms with E-state index < -0.39 is 0 Å². The Labute approximate surface area is 112 Å². The zero-order valence-electron chi connectivity index (χ0n) is 10.3. The highest BCUT2D eigenvalue weighted by Crippen LogP contribution is 2.11. The Kier molecular flexibility index (Phi) is 6.26. The van der Waals surface area contributed by atoms with Crippen LogP contribution in [-0.4, -0.2) is 23.5 Å². The Morgan fingerprint density at radius 3 is 3.06 bits per heavy atom.